The van der Waals surface area contributed by atoms with Crippen LogP contribution in [-0.4, -0.2) is 33.9 Å². The summed E-state index contributed by atoms with van der Waals surface area (Å²) < 4.78 is 5.45. The maximum Gasteiger partial charge on any atom is 0.330 e. The van der Waals surface area contributed by atoms with Crippen LogP contribution < -0.4 is 11.2 Å². The van der Waals surface area contributed by atoms with Gasteiger partial charge >= 0.3 is 5.69 Å². The summed E-state index contributed by atoms with van der Waals surface area (Å²) in [5, 5.41) is 9.20. The van der Waals surface area contributed by atoms with Crippen molar-refractivity contribution in [2.75, 3.05) is 0 Å². The number of allylic oxidation sites excluding steroid dienone is 1. The van der Waals surface area contributed by atoms with Crippen molar-refractivity contribution in [2.24, 2.45) is 0 Å². The first-order chi connectivity index (χ1) is 16.0. The van der Waals surface area contributed by atoms with E-state index < -0.39 is 11.2 Å². The Morgan fingerprint density at radius 3 is 2.64 bits per heavy atom. The number of hydrogen-bond donors (Lipinski definition) is 1. The summed E-state index contributed by atoms with van der Waals surface area (Å²) in [5.74, 6) is 2.03. The number of nitrogens with one attached hydrogen (secondary N) is 1. The van der Waals surface area contributed by atoms with E-state index in [9.17, 15) is 9.59 Å². The Bertz CT molecular complexity index is 1380. The van der Waals surface area contributed by atoms with E-state index in [1.807, 2.05) is 46.4 Å². The molecule has 1 N–H and O–H groups in total. The summed E-state index contributed by atoms with van der Waals surface area (Å²) in [6, 6.07) is 9.67. The number of rotatable bonds is 10. The molecule has 4 rings (SSSR count). The van der Waals surface area contributed by atoms with E-state index in [2.05, 4.69) is 28.7 Å². The molecule has 0 bridgehead atoms. The van der Waals surface area contributed by atoms with E-state index in [-0.39, 0.29) is 0 Å². The molecular formula is C23H27N7O2S. The second-order valence-electron chi connectivity index (χ2n) is 7.75. The molecule has 0 saturated carbocycles. The van der Waals surface area contributed by atoms with Crippen molar-refractivity contribution in [2.45, 2.75) is 57.2 Å². The average Bonchev–Trinajstić information content (AvgIpc) is 3.35. The molecule has 0 aliphatic carbocycles. The Morgan fingerprint density at radius 2 is 1.91 bits per heavy atom. The van der Waals surface area contributed by atoms with Crippen LogP contribution >= 0.6 is 11.8 Å². The van der Waals surface area contributed by atoms with Gasteiger partial charge in [-0.05, 0) is 18.9 Å². The minimum atomic E-state index is -0.461. The molecule has 0 fully saturated rings. The first-order valence-corrected chi connectivity index (χ1v) is 11.9. The van der Waals surface area contributed by atoms with Gasteiger partial charge in [-0.2, -0.15) is 0 Å². The smallest absolute Gasteiger partial charge is 0.321 e. The largest absolute Gasteiger partial charge is 0.330 e. The molecule has 3 heterocycles. The minimum Gasteiger partial charge on any atom is -0.321 e. The van der Waals surface area contributed by atoms with Crippen molar-refractivity contribution >= 4 is 22.9 Å². The zero-order chi connectivity index (χ0) is 23.4. The summed E-state index contributed by atoms with van der Waals surface area (Å²) in [4.78, 5) is 32.8. The molecule has 0 radical (unpaired) electrons. The van der Waals surface area contributed by atoms with Gasteiger partial charge in [-0.15, -0.1) is 16.8 Å². The Balaban J connectivity index is 1.78. The van der Waals surface area contributed by atoms with Crippen LogP contribution in [0.2, 0.25) is 0 Å². The molecule has 0 saturated heterocycles. The van der Waals surface area contributed by atoms with Crippen LogP contribution in [0.5, 0.6) is 0 Å². The maximum atomic E-state index is 12.8. The number of aryl methyl sites for hydroxylation is 2. The van der Waals surface area contributed by atoms with Crippen LogP contribution in [0, 0.1) is 6.92 Å². The van der Waals surface area contributed by atoms with Crippen LogP contribution in [0.1, 0.15) is 37.0 Å². The molecule has 172 valence electrons. The highest BCUT2D eigenvalue weighted by Gasteiger charge is 2.20. The molecule has 0 aliphatic heterocycles. The molecule has 0 amide bonds. The van der Waals surface area contributed by atoms with Crippen LogP contribution in [0.4, 0.5) is 0 Å². The van der Waals surface area contributed by atoms with Gasteiger partial charge in [0, 0.05) is 13.1 Å². The van der Waals surface area contributed by atoms with Gasteiger partial charge in [0.05, 0.1) is 12.3 Å². The zero-order valence-corrected chi connectivity index (χ0v) is 19.6. The van der Waals surface area contributed by atoms with E-state index >= 15 is 0 Å². The average molecular weight is 466 g/mol. The number of H-pyrrole nitrogens is 1. The number of thioether (sulfide) groups is 1. The summed E-state index contributed by atoms with van der Waals surface area (Å²) in [6.07, 6.45) is 3.67. The van der Waals surface area contributed by atoms with Crippen molar-refractivity contribution in [3.63, 3.8) is 0 Å². The fraction of sp³-hybridized carbons (Fsp3) is 0.348. The Morgan fingerprint density at radius 1 is 1.12 bits per heavy atom. The summed E-state index contributed by atoms with van der Waals surface area (Å²) in [7, 11) is 0. The van der Waals surface area contributed by atoms with Crippen LogP contribution in [0.25, 0.3) is 11.2 Å². The maximum absolute atomic E-state index is 12.8. The first kappa shape index (κ1) is 22.8. The third-order valence-electron chi connectivity index (χ3n) is 5.43. The third kappa shape index (κ3) is 4.70. The number of benzene rings is 1. The van der Waals surface area contributed by atoms with Gasteiger partial charge in [-0.25, -0.2) is 9.78 Å². The molecular weight excluding hydrogens is 438 g/mol. The lowest BCUT2D eigenvalue weighted by Gasteiger charge is -2.09. The molecule has 10 heteroatoms. The molecule has 0 unspecified atom stereocenters. The Labute approximate surface area is 195 Å². The van der Waals surface area contributed by atoms with Gasteiger partial charge in [0.15, 0.2) is 16.3 Å². The monoisotopic (exact) mass is 465 g/mol. The second-order valence-corrected chi connectivity index (χ2v) is 8.70. The van der Waals surface area contributed by atoms with Crippen molar-refractivity contribution in [1.29, 1.82) is 0 Å². The van der Waals surface area contributed by atoms with E-state index in [1.165, 1.54) is 16.3 Å². The van der Waals surface area contributed by atoms with Crippen molar-refractivity contribution in [1.82, 2.24) is 33.9 Å². The lowest BCUT2D eigenvalue weighted by atomic mass is 10.2. The van der Waals surface area contributed by atoms with E-state index in [0.29, 0.717) is 36.6 Å². The number of imidazole rings is 1. The van der Waals surface area contributed by atoms with E-state index in [4.69, 9.17) is 4.98 Å². The van der Waals surface area contributed by atoms with Crippen molar-refractivity contribution in [3.05, 3.63) is 81.0 Å². The number of aromatic amines is 1. The lowest BCUT2D eigenvalue weighted by Crippen LogP contribution is -2.31. The number of fused-ring (bicyclic) bond motifs is 1. The van der Waals surface area contributed by atoms with Gasteiger partial charge in [0.1, 0.15) is 11.6 Å². The summed E-state index contributed by atoms with van der Waals surface area (Å²) >= 11 is 1.50. The van der Waals surface area contributed by atoms with E-state index in [1.54, 1.807) is 6.08 Å². The molecule has 33 heavy (non-hydrogen) atoms. The van der Waals surface area contributed by atoms with Gasteiger partial charge in [0.2, 0.25) is 0 Å². The van der Waals surface area contributed by atoms with Crippen LogP contribution in [0.15, 0.2) is 57.7 Å². The fourth-order valence-electron chi connectivity index (χ4n) is 3.73. The van der Waals surface area contributed by atoms with Crippen molar-refractivity contribution in [3.8, 4) is 0 Å². The molecule has 0 spiro atoms. The van der Waals surface area contributed by atoms with Crippen LogP contribution in [-0.2, 0) is 25.4 Å². The third-order valence-corrected chi connectivity index (χ3v) is 6.39. The van der Waals surface area contributed by atoms with Gasteiger partial charge in [0.25, 0.3) is 5.56 Å². The van der Waals surface area contributed by atoms with Gasteiger partial charge < -0.3 is 9.13 Å². The molecule has 4 aromatic rings. The SMILES string of the molecule is C=CCn1c(C)nnc1SCc1nc2c(c(=O)[nH]c(=O)n2Cc2ccccc2)n1CCCC. The Kier molecular flexibility index (Phi) is 6.93. The first-order valence-electron chi connectivity index (χ1n) is 10.9. The normalized spacial score (nSPS) is 11.3. The fourth-order valence-corrected chi connectivity index (χ4v) is 4.67. The lowest BCUT2D eigenvalue weighted by molar-refractivity contribution is 0.626. The standard InChI is InChI=1S/C23H27N7O2S/c1-4-6-13-29-18(15-33-23-27-26-16(3)28(23)12-5-2)24-20-19(29)21(31)25-22(32)30(20)14-17-10-8-7-9-11-17/h5,7-11H,2,4,6,12-15H2,1,3H3,(H,25,31,32). The highest BCUT2D eigenvalue weighted by atomic mass is 32.2. The molecule has 3 aromatic heterocycles. The predicted octanol–water partition coefficient (Wildman–Crippen LogP) is 3.11. The molecule has 0 aliphatic rings. The zero-order valence-electron chi connectivity index (χ0n) is 18.8. The highest BCUT2D eigenvalue weighted by molar-refractivity contribution is 7.98. The number of aromatic nitrogens is 7. The quantitative estimate of drug-likeness (QED) is 0.285. The minimum absolute atomic E-state index is 0.331. The van der Waals surface area contributed by atoms with Crippen LogP contribution in [0.3, 0.4) is 0 Å². The molecule has 9 nitrogen and oxygen atoms in total. The number of unbranched alkanes of at least 4 members (excludes halogenated alkanes) is 1. The van der Waals surface area contributed by atoms with E-state index in [0.717, 1.165) is 35.2 Å². The molecule has 1 aromatic carbocycles. The number of nitrogens with zero attached hydrogens (tertiary/aromatic N) is 6. The Hall–Kier alpha value is -3.40. The second kappa shape index (κ2) is 10.0. The predicted molar refractivity (Wildman–Crippen MR) is 130 cm³/mol. The summed E-state index contributed by atoms with van der Waals surface area (Å²) in [6.45, 7) is 9.40. The topological polar surface area (TPSA) is 103 Å². The summed E-state index contributed by atoms with van der Waals surface area (Å²) in [5.41, 5.74) is 0.920. The highest BCUT2D eigenvalue weighted by Crippen LogP contribution is 2.24. The molecule has 0 atom stereocenters. The number of hydrogen-bond acceptors (Lipinski definition) is 6. The van der Waals surface area contributed by atoms with Gasteiger partial charge in [-0.3, -0.25) is 14.3 Å². The van der Waals surface area contributed by atoms with Crippen molar-refractivity contribution < 1.29 is 0 Å². The van der Waals surface area contributed by atoms with Gasteiger partial charge in [-0.1, -0.05) is 61.5 Å².